The average molecular weight is 369 g/mol. The summed E-state index contributed by atoms with van der Waals surface area (Å²) in [6, 6.07) is 3.56. The predicted molar refractivity (Wildman–Crippen MR) is 95.8 cm³/mol. The second kappa shape index (κ2) is 8.94. The number of methoxy groups -OCH3 is 1. The minimum Gasteiger partial charge on any atom is -0.496 e. The second-order valence-electron chi connectivity index (χ2n) is 5.82. The smallest absolute Gasteiger partial charge is 0.428 e. The average Bonchev–Trinajstić information content (AvgIpc) is 2.62. The molecule has 1 fully saturated rings. The number of nitrogens with zero attached hydrogens (tertiary/aromatic N) is 2. The first-order valence-corrected chi connectivity index (χ1v) is 8.99. The highest BCUT2D eigenvalue weighted by atomic mass is 35.5. The van der Waals surface area contributed by atoms with Crippen LogP contribution < -0.4 is 4.74 Å². The van der Waals surface area contributed by atoms with Crippen molar-refractivity contribution in [3.63, 3.8) is 0 Å². The van der Waals surface area contributed by atoms with E-state index < -0.39 is 6.09 Å². The van der Waals surface area contributed by atoms with Crippen LogP contribution in [0, 0.1) is 0 Å². The Morgan fingerprint density at radius 1 is 1.16 bits per heavy atom. The van der Waals surface area contributed by atoms with E-state index in [1.54, 1.807) is 20.1 Å². The fraction of sp³-hybridized carbons (Fsp3) is 0.556. The molecule has 1 aliphatic heterocycles. The monoisotopic (exact) mass is 368 g/mol. The number of halogens is 1. The fourth-order valence-corrected chi connectivity index (χ4v) is 3.25. The summed E-state index contributed by atoms with van der Waals surface area (Å²) in [5.41, 5.74) is 1.78. The van der Waals surface area contributed by atoms with E-state index in [2.05, 4.69) is 0 Å². The van der Waals surface area contributed by atoms with E-state index in [1.807, 2.05) is 13.0 Å². The lowest BCUT2D eigenvalue weighted by Gasteiger charge is -2.37. The predicted octanol–water partition coefficient (Wildman–Crippen LogP) is 3.45. The van der Waals surface area contributed by atoms with Gasteiger partial charge >= 0.3 is 6.09 Å². The molecule has 0 aliphatic carbocycles. The Labute approximate surface area is 153 Å². The van der Waals surface area contributed by atoms with Crippen molar-refractivity contribution in [1.82, 2.24) is 10.0 Å². The summed E-state index contributed by atoms with van der Waals surface area (Å²) >= 11 is 6.12. The molecule has 1 aromatic rings. The van der Waals surface area contributed by atoms with Crippen LogP contribution in [0.2, 0.25) is 5.02 Å². The fourth-order valence-electron chi connectivity index (χ4n) is 3.02. The van der Waals surface area contributed by atoms with Gasteiger partial charge in [0.1, 0.15) is 5.75 Å². The number of hydrogen-bond donors (Lipinski definition) is 0. The SMILES string of the molecule is CCOC(=O)N1CCCCN1C(=O)Cc1c(CC)cc(Cl)cc1OC. The van der Waals surface area contributed by atoms with Gasteiger partial charge in [-0.1, -0.05) is 18.5 Å². The number of rotatable bonds is 5. The standard InChI is InChI=1S/C18H25ClN2O4/c1-4-13-10-14(19)11-16(24-3)15(13)12-17(22)20-8-6-7-9-21(20)18(23)25-5-2/h10-11H,4-9,12H2,1-3H3. The van der Waals surface area contributed by atoms with Crippen LogP contribution in [0.1, 0.15) is 37.8 Å². The zero-order valence-corrected chi connectivity index (χ0v) is 15.8. The molecule has 0 atom stereocenters. The van der Waals surface area contributed by atoms with Crippen molar-refractivity contribution in [3.8, 4) is 5.75 Å². The van der Waals surface area contributed by atoms with Gasteiger partial charge in [0.25, 0.3) is 0 Å². The summed E-state index contributed by atoms with van der Waals surface area (Å²) < 4.78 is 10.5. The molecule has 25 heavy (non-hydrogen) atoms. The van der Waals surface area contributed by atoms with E-state index in [-0.39, 0.29) is 18.9 Å². The third-order valence-corrected chi connectivity index (χ3v) is 4.46. The number of carbonyl (C=O) groups is 2. The molecule has 1 aliphatic rings. The largest absolute Gasteiger partial charge is 0.496 e. The first-order valence-electron chi connectivity index (χ1n) is 8.61. The highest BCUT2D eigenvalue weighted by molar-refractivity contribution is 6.30. The van der Waals surface area contributed by atoms with E-state index in [4.69, 9.17) is 21.1 Å². The minimum absolute atomic E-state index is 0.150. The number of benzene rings is 1. The third kappa shape index (κ3) is 4.57. The van der Waals surface area contributed by atoms with Gasteiger partial charge < -0.3 is 9.47 Å². The molecule has 0 unspecified atom stereocenters. The maximum Gasteiger partial charge on any atom is 0.428 e. The molecule has 1 saturated heterocycles. The summed E-state index contributed by atoms with van der Waals surface area (Å²) in [6.07, 6.45) is 2.13. The Morgan fingerprint density at radius 2 is 1.84 bits per heavy atom. The topological polar surface area (TPSA) is 59.1 Å². The molecule has 1 aromatic carbocycles. The van der Waals surface area contributed by atoms with Gasteiger partial charge in [0, 0.05) is 23.7 Å². The quantitative estimate of drug-likeness (QED) is 0.798. The first kappa shape index (κ1) is 19.4. The van der Waals surface area contributed by atoms with Crippen molar-refractivity contribution in [1.29, 1.82) is 0 Å². The van der Waals surface area contributed by atoms with Crippen molar-refractivity contribution in [2.45, 2.75) is 39.5 Å². The summed E-state index contributed by atoms with van der Waals surface area (Å²) in [7, 11) is 1.56. The first-order chi connectivity index (χ1) is 12.0. The summed E-state index contributed by atoms with van der Waals surface area (Å²) in [5, 5.41) is 3.48. The van der Waals surface area contributed by atoms with Gasteiger partial charge in [0.15, 0.2) is 0 Å². The lowest BCUT2D eigenvalue weighted by molar-refractivity contribution is -0.148. The number of hydrogen-bond acceptors (Lipinski definition) is 4. The number of aryl methyl sites for hydroxylation is 1. The van der Waals surface area contributed by atoms with Crippen molar-refractivity contribution in [3.05, 3.63) is 28.3 Å². The second-order valence-corrected chi connectivity index (χ2v) is 6.26. The summed E-state index contributed by atoms with van der Waals surface area (Å²) in [4.78, 5) is 25.0. The van der Waals surface area contributed by atoms with Crippen molar-refractivity contribution in [2.75, 3.05) is 26.8 Å². The molecule has 0 N–H and O–H groups in total. The van der Waals surface area contributed by atoms with Crippen LogP contribution in [0.15, 0.2) is 12.1 Å². The zero-order chi connectivity index (χ0) is 18.4. The Hall–Kier alpha value is -1.95. The molecule has 2 rings (SSSR count). The van der Waals surface area contributed by atoms with Gasteiger partial charge in [-0.05, 0) is 43.9 Å². The van der Waals surface area contributed by atoms with E-state index >= 15 is 0 Å². The van der Waals surface area contributed by atoms with Gasteiger partial charge in [-0.15, -0.1) is 0 Å². The molecule has 0 bridgehead atoms. The molecule has 0 saturated carbocycles. The molecule has 2 amide bonds. The van der Waals surface area contributed by atoms with Gasteiger partial charge in [-0.2, -0.15) is 0 Å². The minimum atomic E-state index is -0.477. The van der Waals surface area contributed by atoms with Crippen molar-refractivity contribution < 1.29 is 19.1 Å². The molecule has 0 aromatic heterocycles. The van der Waals surface area contributed by atoms with Crippen LogP contribution in [-0.4, -0.2) is 48.8 Å². The van der Waals surface area contributed by atoms with Crippen LogP contribution >= 0.6 is 11.6 Å². The Balaban J connectivity index is 2.24. The molecule has 6 nitrogen and oxygen atoms in total. The van der Waals surface area contributed by atoms with Crippen LogP contribution in [0.4, 0.5) is 4.79 Å². The van der Waals surface area contributed by atoms with Gasteiger partial charge in [-0.25, -0.2) is 14.8 Å². The number of amides is 2. The molecule has 0 spiro atoms. The highest BCUT2D eigenvalue weighted by Crippen LogP contribution is 2.29. The lowest BCUT2D eigenvalue weighted by atomic mass is 10.0. The normalized spacial score (nSPS) is 14.4. The molecule has 7 heteroatoms. The third-order valence-electron chi connectivity index (χ3n) is 4.24. The van der Waals surface area contributed by atoms with Crippen LogP contribution in [0.25, 0.3) is 0 Å². The van der Waals surface area contributed by atoms with Gasteiger partial charge in [-0.3, -0.25) is 4.79 Å². The number of ether oxygens (including phenoxy) is 2. The zero-order valence-electron chi connectivity index (χ0n) is 15.0. The van der Waals surface area contributed by atoms with Crippen molar-refractivity contribution >= 4 is 23.6 Å². The summed E-state index contributed by atoms with van der Waals surface area (Å²) in [5.74, 6) is 0.445. The van der Waals surface area contributed by atoms with Crippen LogP contribution in [-0.2, 0) is 22.4 Å². The molecule has 1 heterocycles. The van der Waals surface area contributed by atoms with Crippen LogP contribution in [0.3, 0.4) is 0 Å². The van der Waals surface area contributed by atoms with Gasteiger partial charge in [0.05, 0.1) is 20.1 Å². The van der Waals surface area contributed by atoms with Crippen molar-refractivity contribution in [2.24, 2.45) is 0 Å². The van der Waals surface area contributed by atoms with E-state index in [0.29, 0.717) is 23.9 Å². The number of carbonyl (C=O) groups excluding carboxylic acids is 2. The lowest BCUT2D eigenvalue weighted by Crippen LogP contribution is -2.53. The van der Waals surface area contributed by atoms with E-state index in [1.165, 1.54) is 10.0 Å². The molecular formula is C18H25ClN2O4. The number of hydrazine groups is 1. The Kier molecular flexibility index (Phi) is 6.93. The molecule has 0 radical (unpaired) electrons. The maximum atomic E-state index is 12.9. The molecule has 138 valence electrons. The van der Waals surface area contributed by atoms with Gasteiger partial charge in [0.2, 0.25) is 5.91 Å². The summed E-state index contributed by atoms with van der Waals surface area (Å²) in [6.45, 7) is 5.03. The van der Waals surface area contributed by atoms with E-state index in [0.717, 1.165) is 30.4 Å². The Bertz CT molecular complexity index is 610. The highest BCUT2D eigenvalue weighted by Gasteiger charge is 2.30. The maximum absolute atomic E-state index is 12.9. The molecular weight excluding hydrogens is 344 g/mol. The van der Waals surface area contributed by atoms with E-state index in [9.17, 15) is 9.59 Å². The van der Waals surface area contributed by atoms with Crippen LogP contribution in [0.5, 0.6) is 5.75 Å². The Morgan fingerprint density at radius 3 is 2.44 bits per heavy atom.